The van der Waals surface area contributed by atoms with Crippen molar-refractivity contribution in [1.29, 1.82) is 0 Å². The summed E-state index contributed by atoms with van der Waals surface area (Å²) in [4.78, 5) is 49.6. The first-order valence-electron chi connectivity index (χ1n) is 17.4. The molecule has 3 saturated heterocycles. The molecule has 3 aliphatic rings. The summed E-state index contributed by atoms with van der Waals surface area (Å²) in [6.45, 7) is 13.3. The van der Waals surface area contributed by atoms with Crippen molar-refractivity contribution in [3.05, 3.63) is 85.5 Å². The molecule has 49 heavy (non-hydrogen) atoms. The number of hydrogen-bond acceptors (Lipinski definition) is 7. The van der Waals surface area contributed by atoms with Gasteiger partial charge in [-0.2, -0.15) is 0 Å². The molecule has 3 aliphatic heterocycles. The molecule has 3 aromatic rings. The number of benzene rings is 2. The number of amides is 3. The highest BCUT2D eigenvalue weighted by atomic mass is 16.5. The summed E-state index contributed by atoms with van der Waals surface area (Å²) in [5, 5.41) is 17.9. The first-order valence-corrected chi connectivity index (χ1v) is 17.4. The summed E-state index contributed by atoms with van der Waals surface area (Å²) in [5.74, 6) is -2.30. The van der Waals surface area contributed by atoms with Crippen molar-refractivity contribution >= 4 is 28.8 Å². The Morgan fingerprint density at radius 2 is 1.69 bits per heavy atom. The van der Waals surface area contributed by atoms with E-state index < -0.39 is 29.1 Å². The second-order valence-corrected chi connectivity index (χ2v) is 13.9. The molecule has 3 fully saturated rings. The van der Waals surface area contributed by atoms with Crippen molar-refractivity contribution in [3.8, 4) is 0 Å². The van der Waals surface area contributed by atoms with Crippen LogP contribution in [0.3, 0.4) is 0 Å². The number of para-hydroxylation sites is 1. The highest BCUT2D eigenvalue weighted by Gasteiger charge is 2.80. The molecule has 0 saturated carbocycles. The van der Waals surface area contributed by atoms with E-state index in [1.165, 1.54) is 0 Å². The van der Waals surface area contributed by atoms with Crippen molar-refractivity contribution in [3.63, 3.8) is 0 Å². The summed E-state index contributed by atoms with van der Waals surface area (Å²) < 4.78 is 8.71. The van der Waals surface area contributed by atoms with Crippen LogP contribution in [0.25, 0.3) is 11.0 Å². The number of aromatic nitrogens is 3. The molecule has 3 amide bonds. The van der Waals surface area contributed by atoms with Crippen LogP contribution < -0.4 is 0 Å². The van der Waals surface area contributed by atoms with Gasteiger partial charge in [-0.05, 0) is 49.8 Å². The Labute approximate surface area is 288 Å². The first kappa shape index (κ1) is 34.5. The third-order valence-corrected chi connectivity index (χ3v) is 10.9. The highest BCUT2D eigenvalue weighted by Crippen LogP contribution is 2.65. The van der Waals surface area contributed by atoms with Crippen LogP contribution >= 0.6 is 0 Å². The maximum absolute atomic E-state index is 15.0. The van der Waals surface area contributed by atoms with Gasteiger partial charge in [0.1, 0.15) is 23.8 Å². The third kappa shape index (κ3) is 6.07. The quantitative estimate of drug-likeness (QED) is 0.180. The standard InChI is InChI=1S/C38H48N6O5/c1-5-20-41(25-28-16-10-9-11-17-28)34(46)31-32-35(47)43(22-14-7-8-15-23-45)33(38(32)24-27(3)37(31,4)49-38)36(48)42(21-6-2)26-44-30-19-13-12-18-29(30)39-40-44/h5-6,9-13,16-19,27,31-33,45H,1-2,7-8,14-15,20-26H2,3-4H3/t27?,31-,32+,33?,37+,38?/m1/s1. The summed E-state index contributed by atoms with van der Waals surface area (Å²) >= 11 is 0. The zero-order chi connectivity index (χ0) is 34.8. The number of aliphatic hydroxyl groups excluding tert-OH is 1. The second kappa shape index (κ2) is 14.2. The van der Waals surface area contributed by atoms with Gasteiger partial charge in [0, 0.05) is 32.8 Å². The number of ether oxygens (including phenoxy) is 1. The molecule has 1 spiro atoms. The van der Waals surface area contributed by atoms with E-state index in [4.69, 9.17) is 4.74 Å². The minimum Gasteiger partial charge on any atom is -0.396 e. The molecule has 2 bridgehead atoms. The maximum atomic E-state index is 15.0. The summed E-state index contributed by atoms with van der Waals surface area (Å²) in [6.07, 6.45) is 6.81. The van der Waals surface area contributed by atoms with Crippen molar-refractivity contribution in [2.45, 2.75) is 76.4 Å². The fourth-order valence-electron chi connectivity index (χ4n) is 8.50. The molecule has 1 aromatic heterocycles. The predicted octanol–water partition coefficient (Wildman–Crippen LogP) is 4.18. The molecule has 0 aliphatic carbocycles. The molecule has 260 valence electrons. The molecule has 2 aromatic carbocycles. The second-order valence-electron chi connectivity index (χ2n) is 13.9. The molecule has 6 atom stereocenters. The number of aliphatic hydroxyl groups is 1. The topological polar surface area (TPSA) is 121 Å². The zero-order valence-electron chi connectivity index (χ0n) is 28.6. The zero-order valence-corrected chi connectivity index (χ0v) is 28.6. The number of carbonyl (C=O) groups excluding carboxylic acids is 3. The minimum absolute atomic E-state index is 0.0836. The minimum atomic E-state index is -1.18. The van der Waals surface area contributed by atoms with Gasteiger partial charge in [0.05, 0.1) is 23.0 Å². The number of nitrogens with zero attached hydrogens (tertiary/aromatic N) is 6. The van der Waals surface area contributed by atoms with E-state index in [0.29, 0.717) is 44.4 Å². The molecular formula is C38H48N6O5. The van der Waals surface area contributed by atoms with Crippen molar-refractivity contribution < 1.29 is 24.2 Å². The van der Waals surface area contributed by atoms with Gasteiger partial charge in [0.15, 0.2) is 0 Å². The summed E-state index contributed by atoms with van der Waals surface area (Å²) in [7, 11) is 0. The van der Waals surface area contributed by atoms with E-state index in [9.17, 15) is 19.5 Å². The van der Waals surface area contributed by atoms with Gasteiger partial charge in [-0.1, -0.05) is 79.6 Å². The van der Waals surface area contributed by atoms with Crippen LogP contribution in [0.1, 0.15) is 51.5 Å². The fourth-order valence-corrected chi connectivity index (χ4v) is 8.50. The molecule has 0 radical (unpaired) electrons. The SMILES string of the molecule is C=CCN(Cn1nnc2ccccc21)C(=O)C1N(CCCCCCO)C(=O)[C@@H]2[C@H](C(=O)N(CC=C)Cc3ccccc3)[C@@]3(C)OC12CC3C. The first-order chi connectivity index (χ1) is 23.7. The van der Waals surface area contributed by atoms with E-state index in [-0.39, 0.29) is 43.5 Å². The van der Waals surface area contributed by atoms with Gasteiger partial charge < -0.3 is 24.5 Å². The van der Waals surface area contributed by atoms with Gasteiger partial charge in [0.25, 0.3) is 0 Å². The molecule has 11 nitrogen and oxygen atoms in total. The van der Waals surface area contributed by atoms with Crippen molar-refractivity contribution in [2.24, 2.45) is 17.8 Å². The Hall–Kier alpha value is -4.35. The lowest BCUT2D eigenvalue weighted by molar-refractivity contribution is -0.155. The molecule has 1 N–H and O–H groups in total. The summed E-state index contributed by atoms with van der Waals surface area (Å²) in [6, 6.07) is 16.4. The number of rotatable bonds is 16. The van der Waals surface area contributed by atoms with Gasteiger partial charge in [-0.25, -0.2) is 4.68 Å². The van der Waals surface area contributed by atoms with Gasteiger partial charge in [0.2, 0.25) is 17.7 Å². The van der Waals surface area contributed by atoms with Crippen LogP contribution in [-0.4, -0.2) is 96.0 Å². The van der Waals surface area contributed by atoms with E-state index in [1.807, 2.05) is 61.5 Å². The summed E-state index contributed by atoms with van der Waals surface area (Å²) in [5.41, 5.74) is 0.363. The lowest BCUT2D eigenvalue weighted by Gasteiger charge is -2.39. The lowest BCUT2D eigenvalue weighted by Crippen LogP contribution is -2.57. The number of likely N-dealkylation sites (tertiary alicyclic amines) is 1. The van der Waals surface area contributed by atoms with Crippen molar-refractivity contribution in [1.82, 2.24) is 29.7 Å². The normalized spacial score (nSPS) is 27.0. The Balaban J connectivity index is 1.37. The van der Waals surface area contributed by atoms with Gasteiger partial charge in [-0.3, -0.25) is 14.4 Å². The molecule has 6 rings (SSSR count). The number of fused-ring (bicyclic) bond motifs is 2. The van der Waals surface area contributed by atoms with E-state index >= 15 is 0 Å². The third-order valence-electron chi connectivity index (χ3n) is 10.9. The Bertz CT molecular complexity index is 1690. The Kier molecular flexibility index (Phi) is 10.0. The monoisotopic (exact) mass is 668 g/mol. The van der Waals surface area contributed by atoms with Crippen LogP contribution in [0.15, 0.2) is 79.9 Å². The Morgan fingerprint density at radius 3 is 2.43 bits per heavy atom. The maximum Gasteiger partial charge on any atom is 0.250 e. The highest BCUT2D eigenvalue weighted by molar-refractivity contribution is 5.99. The smallest absolute Gasteiger partial charge is 0.250 e. The average Bonchev–Trinajstić information content (AvgIpc) is 3.77. The number of hydrogen-bond donors (Lipinski definition) is 1. The van der Waals surface area contributed by atoms with Crippen LogP contribution in [0.4, 0.5) is 0 Å². The van der Waals surface area contributed by atoms with Crippen molar-refractivity contribution in [2.75, 3.05) is 26.2 Å². The largest absolute Gasteiger partial charge is 0.396 e. The lowest BCUT2D eigenvalue weighted by atomic mass is 9.62. The van der Waals surface area contributed by atoms with E-state index in [0.717, 1.165) is 23.9 Å². The van der Waals surface area contributed by atoms with Crippen LogP contribution in [-0.2, 0) is 32.3 Å². The van der Waals surface area contributed by atoms with Crippen LogP contribution in [0.5, 0.6) is 0 Å². The molecule has 11 heteroatoms. The fraction of sp³-hybridized carbons (Fsp3) is 0.500. The molecular weight excluding hydrogens is 620 g/mol. The van der Waals surface area contributed by atoms with E-state index in [1.54, 1.807) is 31.5 Å². The van der Waals surface area contributed by atoms with Gasteiger partial charge >= 0.3 is 0 Å². The number of unbranched alkanes of at least 4 members (excludes halogenated alkanes) is 3. The van der Waals surface area contributed by atoms with Gasteiger partial charge in [-0.15, -0.1) is 18.3 Å². The predicted molar refractivity (Wildman–Crippen MR) is 186 cm³/mol. The molecule has 4 heterocycles. The van der Waals surface area contributed by atoms with E-state index in [2.05, 4.69) is 30.4 Å². The van der Waals surface area contributed by atoms with Crippen LogP contribution in [0, 0.1) is 17.8 Å². The average molecular weight is 669 g/mol. The van der Waals surface area contributed by atoms with Crippen LogP contribution in [0.2, 0.25) is 0 Å². The number of carbonyl (C=O) groups is 3. The molecule has 3 unspecified atom stereocenters. The Morgan fingerprint density at radius 1 is 1.00 bits per heavy atom.